The van der Waals surface area contributed by atoms with Crippen molar-refractivity contribution in [2.75, 3.05) is 6.61 Å². The second kappa shape index (κ2) is 11.1. The van der Waals surface area contributed by atoms with Crippen LogP contribution in [0.4, 0.5) is 0 Å². The molecule has 0 fully saturated rings. The molecule has 2 aromatic carbocycles. The summed E-state index contributed by atoms with van der Waals surface area (Å²) in [6.07, 6.45) is 0.421. The number of esters is 1. The number of aromatic nitrogens is 2. The fourth-order valence-electron chi connectivity index (χ4n) is 3.20. The van der Waals surface area contributed by atoms with Gasteiger partial charge in [0.2, 0.25) is 5.91 Å². The number of aliphatic carboxylic acids is 1. The Morgan fingerprint density at radius 1 is 1.09 bits per heavy atom. The summed E-state index contributed by atoms with van der Waals surface area (Å²) in [5.41, 5.74) is -0.190. The van der Waals surface area contributed by atoms with E-state index in [1.54, 1.807) is 24.3 Å². The summed E-state index contributed by atoms with van der Waals surface area (Å²) in [5, 5.41) is 11.8. The fraction of sp³-hybridized carbons (Fsp3) is 0.217. The Hall–Kier alpha value is -3.76. The van der Waals surface area contributed by atoms with E-state index in [-0.39, 0.29) is 21.0 Å². The van der Waals surface area contributed by atoms with Crippen LogP contribution in [0.1, 0.15) is 29.7 Å². The third-order valence-electron chi connectivity index (χ3n) is 5.08. The molecule has 1 heterocycles. The summed E-state index contributed by atoms with van der Waals surface area (Å²) >= 11 is 11.9. The summed E-state index contributed by atoms with van der Waals surface area (Å²) in [6, 6.07) is 8.25. The van der Waals surface area contributed by atoms with E-state index in [1.165, 1.54) is 31.5 Å². The third kappa shape index (κ3) is 6.03. The average molecular weight is 520 g/mol. The van der Waals surface area contributed by atoms with Gasteiger partial charge < -0.3 is 15.2 Å². The van der Waals surface area contributed by atoms with Crippen LogP contribution < -0.4 is 10.9 Å². The number of rotatable bonds is 9. The summed E-state index contributed by atoms with van der Waals surface area (Å²) in [6.45, 7) is 0.555. The van der Waals surface area contributed by atoms with Gasteiger partial charge in [-0.1, -0.05) is 41.4 Å². The number of nitrogens with zero attached hydrogens (tertiary/aromatic N) is 2. The highest BCUT2D eigenvalue weighted by molar-refractivity contribution is 6.39. The van der Waals surface area contributed by atoms with Crippen LogP contribution in [0.15, 0.2) is 53.6 Å². The number of ketones is 1. The Morgan fingerprint density at radius 3 is 2.40 bits per heavy atom. The van der Waals surface area contributed by atoms with E-state index >= 15 is 0 Å². The van der Waals surface area contributed by atoms with Crippen molar-refractivity contribution < 1.29 is 29.0 Å². The number of amides is 1. The maximum atomic E-state index is 12.8. The first kappa shape index (κ1) is 25.9. The third-order valence-corrected chi connectivity index (χ3v) is 5.71. The molecule has 10 nitrogen and oxygen atoms in total. The molecule has 0 saturated heterocycles. The van der Waals surface area contributed by atoms with E-state index in [2.05, 4.69) is 10.3 Å². The highest BCUT2D eigenvalue weighted by Gasteiger charge is 2.28. The topological polar surface area (TPSA) is 145 Å². The van der Waals surface area contributed by atoms with E-state index in [0.29, 0.717) is 5.52 Å². The molecular weight excluding hydrogens is 501 g/mol. The van der Waals surface area contributed by atoms with Crippen molar-refractivity contribution in [2.45, 2.75) is 25.4 Å². The van der Waals surface area contributed by atoms with Gasteiger partial charge in [-0.05, 0) is 31.2 Å². The maximum Gasteiger partial charge on any atom is 0.341 e. The van der Waals surface area contributed by atoms with Gasteiger partial charge in [-0.3, -0.25) is 23.7 Å². The molecule has 182 valence electrons. The smallest absolute Gasteiger partial charge is 0.341 e. The number of carboxylic acid groups (broad SMARTS) is 1. The van der Waals surface area contributed by atoms with Gasteiger partial charge >= 0.3 is 11.9 Å². The summed E-state index contributed by atoms with van der Waals surface area (Å²) < 4.78 is 6.01. The van der Waals surface area contributed by atoms with Gasteiger partial charge in [0.05, 0.1) is 39.3 Å². The number of Topliss-reactive ketones (excluding diaryl/α,β-unsaturated/α-hetero) is 1. The SMILES string of the molecule is C[C@@H](C(=O)N[C@@H](CC(=O)O)C(=O)COC(=O)c1c(Cl)cccc1Cl)n1cnc2ccccc2c1=O. The number of hydrogen-bond acceptors (Lipinski definition) is 7. The van der Waals surface area contributed by atoms with E-state index in [1.807, 2.05) is 0 Å². The second-order valence-electron chi connectivity index (χ2n) is 7.45. The molecule has 0 bridgehead atoms. The van der Waals surface area contributed by atoms with Crippen LogP contribution in [0, 0.1) is 0 Å². The van der Waals surface area contributed by atoms with Gasteiger partial charge in [0.1, 0.15) is 12.1 Å². The Morgan fingerprint density at radius 2 is 1.74 bits per heavy atom. The van der Waals surface area contributed by atoms with Crippen LogP contribution in [-0.4, -0.2) is 50.9 Å². The predicted octanol–water partition coefficient (Wildman–Crippen LogP) is 2.65. The zero-order chi connectivity index (χ0) is 25.7. The van der Waals surface area contributed by atoms with Crippen LogP contribution in [0.25, 0.3) is 10.9 Å². The van der Waals surface area contributed by atoms with Crippen LogP contribution in [0.2, 0.25) is 10.0 Å². The monoisotopic (exact) mass is 519 g/mol. The first-order valence-electron chi connectivity index (χ1n) is 10.2. The highest BCUT2D eigenvalue weighted by atomic mass is 35.5. The number of nitrogens with one attached hydrogen (secondary N) is 1. The van der Waals surface area contributed by atoms with Crippen molar-refractivity contribution in [2.24, 2.45) is 0 Å². The van der Waals surface area contributed by atoms with Crippen LogP contribution in [-0.2, 0) is 19.1 Å². The average Bonchev–Trinajstić information content (AvgIpc) is 2.81. The van der Waals surface area contributed by atoms with Crippen molar-refractivity contribution in [3.63, 3.8) is 0 Å². The molecule has 0 saturated carbocycles. The molecule has 0 aliphatic rings. The molecular formula is C23H19Cl2N3O7. The molecule has 0 radical (unpaired) electrons. The van der Waals surface area contributed by atoms with Gasteiger partial charge in [0, 0.05) is 0 Å². The number of benzene rings is 2. The zero-order valence-corrected chi connectivity index (χ0v) is 19.7. The Bertz CT molecular complexity index is 1350. The number of carbonyl (C=O) groups is 4. The maximum absolute atomic E-state index is 12.8. The van der Waals surface area contributed by atoms with Crippen LogP contribution >= 0.6 is 23.2 Å². The molecule has 35 heavy (non-hydrogen) atoms. The molecule has 0 unspecified atom stereocenters. The second-order valence-corrected chi connectivity index (χ2v) is 8.26. The summed E-state index contributed by atoms with van der Waals surface area (Å²) in [7, 11) is 0. The van der Waals surface area contributed by atoms with Crippen molar-refractivity contribution in [1.29, 1.82) is 0 Å². The lowest BCUT2D eigenvalue weighted by molar-refractivity contribution is -0.141. The minimum absolute atomic E-state index is 0.00796. The Kier molecular flexibility index (Phi) is 8.21. The lowest BCUT2D eigenvalue weighted by Crippen LogP contribution is -2.47. The molecule has 1 amide bonds. The van der Waals surface area contributed by atoms with Gasteiger partial charge in [-0.2, -0.15) is 0 Å². The van der Waals surface area contributed by atoms with E-state index in [9.17, 15) is 29.1 Å². The number of carboxylic acids is 1. The van der Waals surface area contributed by atoms with Crippen molar-refractivity contribution in [1.82, 2.24) is 14.9 Å². The van der Waals surface area contributed by atoms with Crippen molar-refractivity contribution >= 4 is 57.7 Å². The van der Waals surface area contributed by atoms with Gasteiger partial charge in [-0.25, -0.2) is 9.78 Å². The molecule has 2 N–H and O–H groups in total. The molecule has 0 aliphatic heterocycles. The zero-order valence-electron chi connectivity index (χ0n) is 18.2. The molecule has 12 heteroatoms. The molecule has 3 rings (SSSR count). The van der Waals surface area contributed by atoms with Gasteiger partial charge in [-0.15, -0.1) is 0 Å². The van der Waals surface area contributed by atoms with Gasteiger partial charge in [0.25, 0.3) is 5.56 Å². The van der Waals surface area contributed by atoms with E-state index < -0.39 is 54.3 Å². The van der Waals surface area contributed by atoms with Crippen LogP contribution in [0.5, 0.6) is 0 Å². The molecule has 2 atom stereocenters. The normalized spacial score (nSPS) is 12.5. The molecule has 0 aliphatic carbocycles. The number of fused-ring (bicyclic) bond motifs is 1. The first-order valence-corrected chi connectivity index (χ1v) is 11.0. The largest absolute Gasteiger partial charge is 0.481 e. The van der Waals surface area contributed by atoms with Crippen molar-refractivity contribution in [3.05, 3.63) is 74.8 Å². The molecule has 3 aromatic rings. The predicted molar refractivity (Wildman–Crippen MR) is 127 cm³/mol. The quantitative estimate of drug-likeness (QED) is 0.410. The minimum atomic E-state index is -1.53. The number of halogens is 2. The number of ether oxygens (including phenoxy) is 1. The molecule has 0 spiro atoms. The Balaban J connectivity index is 1.73. The highest BCUT2D eigenvalue weighted by Crippen LogP contribution is 2.25. The minimum Gasteiger partial charge on any atom is -0.481 e. The fourth-order valence-corrected chi connectivity index (χ4v) is 3.75. The first-order chi connectivity index (χ1) is 16.6. The van der Waals surface area contributed by atoms with E-state index in [4.69, 9.17) is 27.9 Å². The van der Waals surface area contributed by atoms with Crippen LogP contribution in [0.3, 0.4) is 0 Å². The summed E-state index contributed by atoms with van der Waals surface area (Å²) in [5.74, 6) is -4.05. The number of para-hydroxylation sites is 1. The van der Waals surface area contributed by atoms with Gasteiger partial charge in [0.15, 0.2) is 12.4 Å². The van der Waals surface area contributed by atoms with Crippen molar-refractivity contribution in [3.8, 4) is 0 Å². The lowest BCUT2D eigenvalue weighted by atomic mass is 10.1. The standard InChI is InChI=1S/C23H19Cl2N3O7/c1-12(28-11-26-16-8-3-2-5-13(16)22(28)33)21(32)27-17(9-19(30)31)18(29)10-35-23(34)20-14(24)6-4-7-15(20)25/h2-8,11-12,17H,9-10H2,1H3,(H,27,32)(H,30,31)/t12-,17-/m0/s1. The summed E-state index contributed by atoms with van der Waals surface area (Å²) in [4.78, 5) is 65.9. The molecule has 1 aromatic heterocycles. The number of carbonyl (C=O) groups excluding carboxylic acids is 3. The number of hydrogen-bond donors (Lipinski definition) is 2. The van der Waals surface area contributed by atoms with E-state index in [0.717, 1.165) is 4.57 Å². The lowest BCUT2D eigenvalue weighted by Gasteiger charge is -2.20. The Labute approximate surface area is 208 Å².